The number of amides is 1. The first kappa shape index (κ1) is 16.5. The lowest BCUT2D eigenvalue weighted by atomic mass is 10.2. The molecule has 0 atom stereocenters. The first-order valence-corrected chi connectivity index (χ1v) is 7.53. The number of rotatable bonds is 8. The van der Waals surface area contributed by atoms with Gasteiger partial charge < -0.3 is 10.1 Å². The maximum atomic E-state index is 11.7. The van der Waals surface area contributed by atoms with Gasteiger partial charge in [-0.05, 0) is 36.2 Å². The zero-order chi connectivity index (χ0) is 16.3. The van der Waals surface area contributed by atoms with Gasteiger partial charge in [0.2, 0.25) is 5.91 Å². The third kappa shape index (κ3) is 6.22. The number of nitrogens with zero attached hydrogens (tertiary/aromatic N) is 1. The summed E-state index contributed by atoms with van der Waals surface area (Å²) in [6, 6.07) is 17.3. The van der Waals surface area contributed by atoms with E-state index in [1.54, 1.807) is 13.3 Å². The van der Waals surface area contributed by atoms with Crippen molar-refractivity contribution < 1.29 is 9.53 Å². The second-order valence-corrected chi connectivity index (χ2v) is 4.96. The zero-order valence-corrected chi connectivity index (χ0v) is 13.2. The molecule has 5 nitrogen and oxygen atoms in total. The van der Waals surface area contributed by atoms with Gasteiger partial charge in [-0.15, -0.1) is 0 Å². The van der Waals surface area contributed by atoms with E-state index in [9.17, 15) is 4.79 Å². The Bertz CT molecular complexity index is 624. The highest BCUT2D eigenvalue weighted by atomic mass is 16.5. The molecule has 120 valence electrons. The summed E-state index contributed by atoms with van der Waals surface area (Å²) < 4.78 is 5.10. The van der Waals surface area contributed by atoms with Gasteiger partial charge in [0.05, 0.1) is 13.3 Å². The Morgan fingerprint density at radius 2 is 1.87 bits per heavy atom. The molecule has 0 saturated heterocycles. The minimum absolute atomic E-state index is 0.0892. The van der Waals surface area contributed by atoms with Crippen LogP contribution in [0.2, 0.25) is 0 Å². The van der Waals surface area contributed by atoms with Crippen molar-refractivity contribution in [2.75, 3.05) is 19.0 Å². The summed E-state index contributed by atoms with van der Waals surface area (Å²) in [5, 5.41) is 7.20. The van der Waals surface area contributed by atoms with Crippen LogP contribution >= 0.6 is 0 Å². The molecule has 0 spiro atoms. The van der Waals surface area contributed by atoms with Gasteiger partial charge in [-0.2, -0.15) is 5.10 Å². The van der Waals surface area contributed by atoms with Crippen molar-refractivity contribution in [2.24, 2.45) is 5.10 Å². The third-order valence-corrected chi connectivity index (χ3v) is 3.20. The second kappa shape index (κ2) is 9.25. The maximum absolute atomic E-state index is 11.7. The summed E-state index contributed by atoms with van der Waals surface area (Å²) in [6.07, 6.45) is 2.79. The van der Waals surface area contributed by atoms with Crippen LogP contribution in [0.1, 0.15) is 18.4 Å². The Labute approximate surface area is 136 Å². The largest absolute Gasteiger partial charge is 0.497 e. The summed E-state index contributed by atoms with van der Waals surface area (Å²) in [4.78, 5) is 11.7. The van der Waals surface area contributed by atoms with Crippen LogP contribution < -0.4 is 15.5 Å². The van der Waals surface area contributed by atoms with Crippen LogP contribution in [0.15, 0.2) is 59.7 Å². The molecule has 5 heteroatoms. The molecule has 0 heterocycles. The van der Waals surface area contributed by atoms with Crippen molar-refractivity contribution in [2.45, 2.75) is 12.8 Å². The normalized spacial score (nSPS) is 10.5. The van der Waals surface area contributed by atoms with Crippen LogP contribution in [0.5, 0.6) is 5.75 Å². The van der Waals surface area contributed by atoms with Crippen molar-refractivity contribution in [3.05, 3.63) is 60.2 Å². The fraction of sp³-hybridized carbons (Fsp3) is 0.222. The van der Waals surface area contributed by atoms with Crippen molar-refractivity contribution in [3.63, 3.8) is 0 Å². The van der Waals surface area contributed by atoms with E-state index in [0.29, 0.717) is 6.42 Å². The highest BCUT2D eigenvalue weighted by Gasteiger charge is 1.99. The molecule has 2 rings (SSSR count). The summed E-state index contributed by atoms with van der Waals surface area (Å²) >= 11 is 0. The zero-order valence-electron chi connectivity index (χ0n) is 13.2. The molecule has 23 heavy (non-hydrogen) atoms. The van der Waals surface area contributed by atoms with Crippen molar-refractivity contribution >= 4 is 17.8 Å². The number of hydrogen-bond donors (Lipinski definition) is 2. The number of anilines is 1. The van der Waals surface area contributed by atoms with E-state index in [2.05, 4.69) is 15.8 Å². The minimum Gasteiger partial charge on any atom is -0.497 e. The van der Waals surface area contributed by atoms with E-state index in [4.69, 9.17) is 4.74 Å². The summed E-state index contributed by atoms with van der Waals surface area (Å²) in [6.45, 7) is 0.724. The first-order valence-electron chi connectivity index (χ1n) is 7.53. The third-order valence-electron chi connectivity index (χ3n) is 3.20. The van der Waals surface area contributed by atoms with Crippen LogP contribution in [0.4, 0.5) is 5.69 Å². The van der Waals surface area contributed by atoms with Crippen LogP contribution in [-0.4, -0.2) is 25.8 Å². The number of ether oxygens (including phenoxy) is 1. The standard InChI is InChI=1S/C18H21N3O2/c1-23-17-11-9-16(10-12-17)19-13-5-8-18(22)21-20-14-15-6-3-2-4-7-15/h2-4,6-7,9-12,14,19H,5,8,13H2,1H3,(H,21,22)/b20-14-. The first-order chi connectivity index (χ1) is 11.3. The lowest BCUT2D eigenvalue weighted by molar-refractivity contribution is -0.121. The molecule has 2 aromatic carbocycles. The Morgan fingerprint density at radius 3 is 2.57 bits per heavy atom. The number of benzene rings is 2. The Kier molecular flexibility index (Phi) is 6.65. The Hall–Kier alpha value is -2.82. The molecule has 0 unspecified atom stereocenters. The monoisotopic (exact) mass is 311 g/mol. The number of methoxy groups -OCH3 is 1. The molecule has 0 bridgehead atoms. The molecule has 1 amide bonds. The van der Waals surface area contributed by atoms with E-state index in [0.717, 1.165) is 30.0 Å². The minimum atomic E-state index is -0.0892. The van der Waals surface area contributed by atoms with Crippen LogP contribution in [0.3, 0.4) is 0 Å². The number of hydrogen-bond acceptors (Lipinski definition) is 4. The average Bonchev–Trinajstić information content (AvgIpc) is 2.60. The topological polar surface area (TPSA) is 62.7 Å². The highest BCUT2D eigenvalue weighted by molar-refractivity contribution is 5.82. The SMILES string of the molecule is COc1ccc(NCCCC(=O)N/N=C\c2ccccc2)cc1. The molecule has 0 aliphatic heterocycles. The molecular formula is C18H21N3O2. The van der Waals surface area contributed by atoms with Gasteiger partial charge >= 0.3 is 0 Å². The van der Waals surface area contributed by atoms with Gasteiger partial charge in [-0.25, -0.2) is 5.43 Å². The van der Waals surface area contributed by atoms with Crippen molar-refractivity contribution in [1.29, 1.82) is 0 Å². The van der Waals surface area contributed by atoms with Gasteiger partial charge in [-0.1, -0.05) is 30.3 Å². The summed E-state index contributed by atoms with van der Waals surface area (Å²) in [7, 11) is 1.64. The van der Waals surface area contributed by atoms with Crippen LogP contribution in [-0.2, 0) is 4.79 Å². The molecule has 0 aliphatic carbocycles. The van der Waals surface area contributed by atoms with E-state index >= 15 is 0 Å². The van der Waals surface area contributed by atoms with Gasteiger partial charge in [0, 0.05) is 18.7 Å². The fourth-order valence-electron chi connectivity index (χ4n) is 1.96. The average molecular weight is 311 g/mol. The Morgan fingerprint density at radius 1 is 1.13 bits per heavy atom. The fourth-order valence-corrected chi connectivity index (χ4v) is 1.96. The predicted molar refractivity (Wildman–Crippen MR) is 92.9 cm³/mol. The van der Waals surface area contributed by atoms with Gasteiger partial charge in [0.25, 0.3) is 0 Å². The quantitative estimate of drug-likeness (QED) is 0.447. The number of carbonyl (C=O) groups excluding carboxylic acids is 1. The lowest BCUT2D eigenvalue weighted by Crippen LogP contribution is -2.18. The summed E-state index contributed by atoms with van der Waals surface area (Å²) in [5.74, 6) is 0.736. The van der Waals surface area contributed by atoms with Crippen molar-refractivity contribution in [1.82, 2.24) is 5.43 Å². The molecular weight excluding hydrogens is 290 g/mol. The second-order valence-electron chi connectivity index (χ2n) is 4.96. The molecule has 2 N–H and O–H groups in total. The maximum Gasteiger partial charge on any atom is 0.240 e. The summed E-state index contributed by atoms with van der Waals surface area (Å²) in [5.41, 5.74) is 4.49. The molecule has 0 aliphatic rings. The predicted octanol–water partition coefficient (Wildman–Crippen LogP) is 3.04. The lowest BCUT2D eigenvalue weighted by Gasteiger charge is -2.06. The van der Waals surface area contributed by atoms with Gasteiger partial charge in [0.1, 0.15) is 5.75 Å². The van der Waals surface area contributed by atoms with E-state index in [1.165, 1.54) is 0 Å². The van der Waals surface area contributed by atoms with E-state index in [1.807, 2.05) is 54.6 Å². The van der Waals surface area contributed by atoms with Crippen molar-refractivity contribution in [3.8, 4) is 5.75 Å². The molecule has 2 aromatic rings. The van der Waals surface area contributed by atoms with Gasteiger partial charge in [0.15, 0.2) is 0 Å². The van der Waals surface area contributed by atoms with E-state index < -0.39 is 0 Å². The molecule has 0 saturated carbocycles. The van der Waals surface area contributed by atoms with Gasteiger partial charge in [-0.3, -0.25) is 4.79 Å². The number of hydrazone groups is 1. The molecule has 0 radical (unpaired) electrons. The molecule has 0 fully saturated rings. The number of nitrogens with one attached hydrogen (secondary N) is 2. The number of carbonyl (C=O) groups is 1. The van der Waals surface area contributed by atoms with Crippen LogP contribution in [0, 0.1) is 0 Å². The van der Waals surface area contributed by atoms with Crippen LogP contribution in [0.25, 0.3) is 0 Å². The van der Waals surface area contributed by atoms with E-state index in [-0.39, 0.29) is 5.91 Å². The highest BCUT2D eigenvalue weighted by Crippen LogP contribution is 2.14. The Balaban J connectivity index is 1.62. The smallest absolute Gasteiger partial charge is 0.240 e. The molecule has 0 aromatic heterocycles.